The molecular weight excluding hydrogens is 268 g/mol. The maximum absolute atomic E-state index is 12.1. The van der Waals surface area contributed by atoms with Crippen LogP contribution in [0.15, 0.2) is 24.8 Å². The second-order valence-electron chi connectivity index (χ2n) is 5.78. The van der Waals surface area contributed by atoms with E-state index in [2.05, 4.69) is 30.5 Å². The topological polar surface area (TPSA) is 23.6 Å². The van der Waals surface area contributed by atoms with E-state index in [1.807, 2.05) is 22.3 Å². The van der Waals surface area contributed by atoms with Crippen molar-refractivity contribution >= 4 is 17.2 Å². The van der Waals surface area contributed by atoms with Crippen LogP contribution in [0.2, 0.25) is 0 Å². The molecule has 3 nitrogen and oxygen atoms in total. The summed E-state index contributed by atoms with van der Waals surface area (Å²) in [5, 5.41) is 0. The lowest BCUT2D eigenvalue weighted by atomic mass is 9.96. The minimum absolute atomic E-state index is 0.306. The number of thiophene rings is 1. The molecule has 0 bridgehead atoms. The van der Waals surface area contributed by atoms with E-state index in [-0.39, 0.29) is 0 Å². The summed E-state index contributed by atoms with van der Waals surface area (Å²) in [6.45, 7) is 8.79. The molecule has 0 saturated carbocycles. The number of rotatable bonds is 4. The molecule has 0 aromatic carbocycles. The van der Waals surface area contributed by atoms with Crippen molar-refractivity contribution in [3.8, 4) is 0 Å². The monoisotopic (exact) mass is 290 g/mol. The highest BCUT2D eigenvalue weighted by atomic mass is 32.1. The van der Waals surface area contributed by atoms with E-state index in [1.54, 1.807) is 0 Å². The van der Waals surface area contributed by atoms with Gasteiger partial charge in [-0.25, -0.2) is 0 Å². The Morgan fingerprint density at radius 2 is 2.25 bits per heavy atom. The Labute approximate surface area is 124 Å². The minimum atomic E-state index is 0.306. The summed E-state index contributed by atoms with van der Waals surface area (Å²) in [6, 6.07) is 5.37. The van der Waals surface area contributed by atoms with Gasteiger partial charge in [0, 0.05) is 47.9 Å². The maximum Gasteiger partial charge on any atom is 0.223 e. The molecule has 108 valence electrons. The number of carbonyl (C=O) groups excluding carboxylic acids is 1. The lowest BCUT2D eigenvalue weighted by molar-refractivity contribution is -0.136. The first-order chi connectivity index (χ1) is 9.69. The lowest BCUT2D eigenvalue weighted by Gasteiger charge is -2.39. The van der Waals surface area contributed by atoms with E-state index in [1.165, 1.54) is 9.75 Å². The molecule has 0 N–H and O–H groups in total. The second kappa shape index (κ2) is 5.70. The Balaban J connectivity index is 1.71. The van der Waals surface area contributed by atoms with Crippen LogP contribution in [-0.4, -0.2) is 40.9 Å². The second-order valence-corrected chi connectivity index (χ2v) is 7.15. The molecule has 3 rings (SSSR count). The van der Waals surface area contributed by atoms with E-state index in [9.17, 15) is 4.79 Å². The number of likely N-dealkylation sites (tertiary alicyclic amines) is 2. The Hall–Kier alpha value is -1.13. The minimum Gasteiger partial charge on any atom is -0.334 e. The molecule has 1 aromatic heterocycles. The van der Waals surface area contributed by atoms with Crippen LogP contribution in [-0.2, 0) is 11.3 Å². The molecular formula is C16H22N2OS. The van der Waals surface area contributed by atoms with Crippen LogP contribution in [0.3, 0.4) is 0 Å². The molecule has 2 saturated heterocycles. The first-order valence-corrected chi connectivity index (χ1v) is 8.20. The molecule has 1 amide bonds. The fraction of sp³-hybridized carbons (Fsp3) is 0.562. The largest absolute Gasteiger partial charge is 0.334 e. The van der Waals surface area contributed by atoms with Crippen LogP contribution in [0.4, 0.5) is 0 Å². The van der Waals surface area contributed by atoms with Crippen LogP contribution in [0, 0.1) is 6.92 Å². The molecule has 3 heterocycles. The molecule has 0 aliphatic carbocycles. The van der Waals surface area contributed by atoms with Gasteiger partial charge >= 0.3 is 0 Å². The molecule has 2 aliphatic heterocycles. The van der Waals surface area contributed by atoms with Crippen molar-refractivity contribution in [2.45, 2.75) is 44.8 Å². The van der Waals surface area contributed by atoms with E-state index in [4.69, 9.17) is 0 Å². The average Bonchev–Trinajstić information content (AvgIpc) is 3.01. The van der Waals surface area contributed by atoms with Crippen molar-refractivity contribution < 1.29 is 4.79 Å². The highest BCUT2D eigenvalue weighted by molar-refractivity contribution is 7.11. The average molecular weight is 290 g/mol. The van der Waals surface area contributed by atoms with Gasteiger partial charge in [0.1, 0.15) is 0 Å². The zero-order valence-corrected chi connectivity index (χ0v) is 12.9. The van der Waals surface area contributed by atoms with Gasteiger partial charge in [-0.15, -0.1) is 17.9 Å². The third kappa shape index (κ3) is 2.54. The summed E-state index contributed by atoms with van der Waals surface area (Å²) in [4.78, 5) is 19.5. The molecule has 1 aromatic rings. The van der Waals surface area contributed by atoms with Crippen molar-refractivity contribution in [3.63, 3.8) is 0 Å². The summed E-state index contributed by atoms with van der Waals surface area (Å²) < 4.78 is 0. The van der Waals surface area contributed by atoms with Gasteiger partial charge in [0.05, 0.1) is 0 Å². The standard InChI is InChI=1S/C16H22N2OS/c1-3-9-18-15-8-10-17(14(15)6-7-16(18)19)11-13-5-4-12(2)20-13/h3-5,14-15H,1,6-11H2,2H3/t14-,15-/m1/s1. The van der Waals surface area contributed by atoms with E-state index in [0.29, 0.717) is 31.0 Å². The molecule has 0 radical (unpaired) electrons. The zero-order valence-electron chi connectivity index (χ0n) is 12.0. The summed E-state index contributed by atoms with van der Waals surface area (Å²) >= 11 is 1.89. The van der Waals surface area contributed by atoms with Crippen molar-refractivity contribution in [3.05, 3.63) is 34.5 Å². The molecule has 4 heteroatoms. The molecule has 2 aliphatic rings. The fourth-order valence-electron chi connectivity index (χ4n) is 3.58. The maximum atomic E-state index is 12.1. The van der Waals surface area contributed by atoms with Gasteiger partial charge in [0.15, 0.2) is 0 Å². The van der Waals surface area contributed by atoms with Gasteiger partial charge in [0.2, 0.25) is 5.91 Å². The van der Waals surface area contributed by atoms with E-state index in [0.717, 1.165) is 25.9 Å². The zero-order chi connectivity index (χ0) is 14.1. The van der Waals surface area contributed by atoms with E-state index >= 15 is 0 Å². The van der Waals surface area contributed by atoms with Gasteiger partial charge < -0.3 is 4.90 Å². The van der Waals surface area contributed by atoms with Crippen molar-refractivity contribution in [2.75, 3.05) is 13.1 Å². The van der Waals surface area contributed by atoms with Crippen LogP contribution in [0.25, 0.3) is 0 Å². The number of fused-ring (bicyclic) bond motifs is 1. The number of carbonyl (C=O) groups is 1. The number of aryl methyl sites for hydroxylation is 1. The Bertz CT molecular complexity index is 510. The predicted molar refractivity (Wildman–Crippen MR) is 82.8 cm³/mol. The number of hydrogen-bond acceptors (Lipinski definition) is 3. The van der Waals surface area contributed by atoms with Crippen LogP contribution in [0.1, 0.15) is 29.0 Å². The highest BCUT2D eigenvalue weighted by Gasteiger charge is 2.42. The number of amides is 1. The van der Waals surface area contributed by atoms with Crippen molar-refractivity contribution in [1.29, 1.82) is 0 Å². The molecule has 2 atom stereocenters. The fourth-order valence-corrected chi connectivity index (χ4v) is 4.50. The van der Waals surface area contributed by atoms with Crippen LogP contribution < -0.4 is 0 Å². The smallest absolute Gasteiger partial charge is 0.223 e. The number of hydrogen-bond donors (Lipinski definition) is 0. The van der Waals surface area contributed by atoms with Crippen LogP contribution >= 0.6 is 11.3 Å². The quantitative estimate of drug-likeness (QED) is 0.796. The first-order valence-electron chi connectivity index (χ1n) is 7.39. The number of nitrogens with zero attached hydrogens (tertiary/aromatic N) is 2. The Morgan fingerprint density at radius 1 is 1.40 bits per heavy atom. The molecule has 2 fully saturated rings. The normalized spacial score (nSPS) is 26.9. The van der Waals surface area contributed by atoms with Gasteiger partial charge in [-0.3, -0.25) is 9.69 Å². The molecule has 20 heavy (non-hydrogen) atoms. The van der Waals surface area contributed by atoms with Crippen molar-refractivity contribution in [2.24, 2.45) is 0 Å². The Morgan fingerprint density at radius 3 is 2.95 bits per heavy atom. The van der Waals surface area contributed by atoms with Gasteiger partial charge in [-0.05, 0) is 31.9 Å². The first kappa shape index (κ1) is 13.8. The van der Waals surface area contributed by atoms with Crippen LogP contribution in [0.5, 0.6) is 0 Å². The third-order valence-electron chi connectivity index (χ3n) is 4.48. The summed E-state index contributed by atoms with van der Waals surface area (Å²) in [5.74, 6) is 0.306. The number of piperidine rings is 1. The van der Waals surface area contributed by atoms with Gasteiger partial charge in [-0.2, -0.15) is 0 Å². The molecule has 0 spiro atoms. The predicted octanol–water partition coefficient (Wildman–Crippen LogP) is 2.81. The molecule has 0 unspecified atom stereocenters. The van der Waals surface area contributed by atoms with Crippen molar-refractivity contribution in [1.82, 2.24) is 9.80 Å². The summed E-state index contributed by atoms with van der Waals surface area (Å²) in [5.41, 5.74) is 0. The SMILES string of the molecule is C=CCN1C(=O)CC[C@@H]2[C@H]1CCN2Cc1ccc(C)s1. The van der Waals surface area contributed by atoms with Gasteiger partial charge in [-0.1, -0.05) is 6.08 Å². The third-order valence-corrected chi connectivity index (χ3v) is 5.47. The highest BCUT2D eigenvalue weighted by Crippen LogP contribution is 2.33. The van der Waals surface area contributed by atoms with E-state index < -0.39 is 0 Å². The van der Waals surface area contributed by atoms with Gasteiger partial charge in [0.25, 0.3) is 0 Å². The summed E-state index contributed by atoms with van der Waals surface area (Å²) in [7, 11) is 0. The lowest BCUT2D eigenvalue weighted by Crippen LogP contribution is -2.52. The Kier molecular flexibility index (Phi) is 3.94. The summed E-state index contributed by atoms with van der Waals surface area (Å²) in [6.07, 6.45) is 4.66.